The lowest BCUT2D eigenvalue weighted by molar-refractivity contribution is 0.704. The largest absolute Gasteiger partial charge is 0.397 e. The molecular formula is C9H12Br2N2. The van der Waals surface area contributed by atoms with E-state index in [0.29, 0.717) is 5.92 Å². The zero-order chi connectivity index (χ0) is 10.0. The molecule has 0 saturated heterocycles. The maximum absolute atomic E-state index is 5.84. The van der Waals surface area contributed by atoms with Gasteiger partial charge in [0.25, 0.3) is 0 Å². The molecule has 0 spiro atoms. The van der Waals surface area contributed by atoms with Crippen LogP contribution in [-0.2, 0) is 0 Å². The number of hydrogen-bond acceptors (Lipinski definition) is 2. The third-order valence-electron chi connectivity index (χ3n) is 2.11. The number of rotatable bonds is 2. The second-order valence-corrected chi connectivity index (χ2v) is 4.68. The Kier molecular flexibility index (Phi) is 3.74. The second-order valence-electron chi connectivity index (χ2n) is 3.03. The second kappa shape index (κ2) is 4.42. The number of nitrogen functional groups attached to an aromatic ring is 1. The van der Waals surface area contributed by atoms with Crippen molar-refractivity contribution in [1.29, 1.82) is 0 Å². The summed E-state index contributed by atoms with van der Waals surface area (Å²) in [5, 5.41) is 0. The number of nitrogens with zero attached hydrogens (tertiary/aromatic N) is 1. The van der Waals surface area contributed by atoms with Crippen LogP contribution in [0.15, 0.2) is 15.1 Å². The van der Waals surface area contributed by atoms with Gasteiger partial charge in [-0.05, 0) is 44.2 Å². The molecule has 0 aliphatic rings. The van der Waals surface area contributed by atoms with E-state index in [2.05, 4.69) is 50.7 Å². The first kappa shape index (κ1) is 11.0. The summed E-state index contributed by atoms with van der Waals surface area (Å²) in [5.41, 5.74) is 7.60. The summed E-state index contributed by atoms with van der Waals surface area (Å²) in [6.07, 6.45) is 2.81. The molecule has 0 aliphatic heterocycles. The average molecular weight is 308 g/mol. The molecule has 1 heterocycles. The van der Waals surface area contributed by atoms with E-state index in [1.807, 2.05) is 0 Å². The van der Waals surface area contributed by atoms with Gasteiger partial charge in [0, 0.05) is 6.20 Å². The molecule has 2 N–H and O–H groups in total. The van der Waals surface area contributed by atoms with Crippen LogP contribution in [0.2, 0.25) is 0 Å². The van der Waals surface area contributed by atoms with Gasteiger partial charge in [0.2, 0.25) is 0 Å². The molecule has 0 bridgehead atoms. The fraction of sp³-hybridized carbons (Fsp3) is 0.444. The van der Waals surface area contributed by atoms with E-state index < -0.39 is 0 Å². The van der Waals surface area contributed by atoms with Crippen molar-refractivity contribution in [1.82, 2.24) is 4.98 Å². The maximum atomic E-state index is 5.84. The summed E-state index contributed by atoms with van der Waals surface area (Å²) in [5.74, 6) is 0.435. The lowest BCUT2D eigenvalue weighted by atomic mass is 10.0. The predicted octanol–water partition coefficient (Wildman–Crippen LogP) is 3.70. The van der Waals surface area contributed by atoms with Crippen molar-refractivity contribution in [2.75, 3.05) is 5.73 Å². The predicted molar refractivity (Wildman–Crippen MR) is 62.8 cm³/mol. The summed E-state index contributed by atoms with van der Waals surface area (Å²) in [7, 11) is 0. The number of halogens is 2. The molecule has 1 atom stereocenters. The smallest absolute Gasteiger partial charge is 0.0637 e. The third kappa shape index (κ3) is 2.23. The molecule has 1 unspecified atom stereocenters. The molecule has 0 radical (unpaired) electrons. The Bertz CT molecular complexity index is 313. The van der Waals surface area contributed by atoms with Gasteiger partial charge in [0.15, 0.2) is 0 Å². The van der Waals surface area contributed by atoms with Gasteiger partial charge >= 0.3 is 0 Å². The molecule has 4 heteroatoms. The van der Waals surface area contributed by atoms with E-state index in [-0.39, 0.29) is 0 Å². The highest BCUT2D eigenvalue weighted by Crippen LogP contribution is 2.33. The maximum Gasteiger partial charge on any atom is 0.0637 e. The zero-order valence-corrected chi connectivity index (χ0v) is 10.8. The molecule has 72 valence electrons. The van der Waals surface area contributed by atoms with Crippen LogP contribution in [0.4, 0.5) is 5.69 Å². The molecule has 1 aromatic rings. The van der Waals surface area contributed by atoms with Crippen molar-refractivity contribution >= 4 is 37.5 Å². The van der Waals surface area contributed by atoms with Crippen molar-refractivity contribution in [3.05, 3.63) is 20.8 Å². The molecule has 1 aromatic heterocycles. The van der Waals surface area contributed by atoms with Gasteiger partial charge in [-0.25, -0.2) is 0 Å². The van der Waals surface area contributed by atoms with Gasteiger partial charge in [0.1, 0.15) is 0 Å². The average Bonchev–Trinajstić information content (AvgIpc) is 2.13. The molecule has 0 saturated carbocycles. The zero-order valence-electron chi connectivity index (χ0n) is 7.64. The topological polar surface area (TPSA) is 38.9 Å². The Morgan fingerprint density at radius 2 is 2.15 bits per heavy atom. The van der Waals surface area contributed by atoms with Gasteiger partial charge in [-0.15, -0.1) is 0 Å². The van der Waals surface area contributed by atoms with Crippen LogP contribution in [0.5, 0.6) is 0 Å². The van der Waals surface area contributed by atoms with E-state index in [1.54, 1.807) is 6.20 Å². The van der Waals surface area contributed by atoms with Gasteiger partial charge in [-0.3, -0.25) is 4.98 Å². The Morgan fingerprint density at radius 1 is 1.54 bits per heavy atom. The van der Waals surface area contributed by atoms with Crippen LogP contribution >= 0.6 is 31.9 Å². The minimum atomic E-state index is 0.435. The Balaban J connectivity index is 3.18. The molecule has 0 aliphatic carbocycles. The fourth-order valence-corrected chi connectivity index (χ4v) is 2.31. The number of pyridine rings is 1. The SMILES string of the molecule is CCC(C)c1ncc(Br)c(N)c1Br. The van der Waals surface area contributed by atoms with Crippen molar-refractivity contribution in [2.24, 2.45) is 0 Å². The quantitative estimate of drug-likeness (QED) is 0.905. The molecule has 1 rings (SSSR count). The number of aromatic nitrogens is 1. The van der Waals surface area contributed by atoms with Crippen molar-refractivity contribution in [3.63, 3.8) is 0 Å². The summed E-state index contributed by atoms with van der Waals surface area (Å²) in [6.45, 7) is 4.28. The van der Waals surface area contributed by atoms with Crippen LogP contribution in [0.1, 0.15) is 31.9 Å². The highest BCUT2D eigenvalue weighted by molar-refractivity contribution is 9.11. The molecule has 0 fully saturated rings. The third-order valence-corrected chi connectivity index (χ3v) is 3.58. The van der Waals surface area contributed by atoms with Crippen LogP contribution < -0.4 is 5.73 Å². The minimum Gasteiger partial charge on any atom is -0.397 e. The fourth-order valence-electron chi connectivity index (χ4n) is 1.03. The Labute approximate surface area is 95.2 Å². The van der Waals surface area contributed by atoms with E-state index in [4.69, 9.17) is 5.73 Å². The Hall–Kier alpha value is -0.0900. The molecule has 13 heavy (non-hydrogen) atoms. The molecule has 2 nitrogen and oxygen atoms in total. The van der Waals surface area contributed by atoms with Gasteiger partial charge in [0.05, 0.1) is 20.3 Å². The standard InChI is InChI=1S/C9H12Br2N2/c1-3-5(2)9-7(11)8(12)6(10)4-13-9/h4-5H,3H2,1-2H3,(H2,12,13). The number of hydrogen-bond donors (Lipinski definition) is 1. The summed E-state index contributed by atoms with van der Waals surface area (Å²) in [6, 6.07) is 0. The highest BCUT2D eigenvalue weighted by Gasteiger charge is 2.12. The molecular weight excluding hydrogens is 296 g/mol. The monoisotopic (exact) mass is 306 g/mol. The molecule has 0 aromatic carbocycles. The first-order chi connectivity index (χ1) is 6.07. The normalized spacial score (nSPS) is 12.9. The van der Waals surface area contributed by atoms with E-state index in [1.165, 1.54) is 0 Å². The van der Waals surface area contributed by atoms with Gasteiger partial charge in [-0.2, -0.15) is 0 Å². The lowest BCUT2D eigenvalue weighted by Crippen LogP contribution is -2.00. The summed E-state index contributed by atoms with van der Waals surface area (Å²) < 4.78 is 1.75. The number of nitrogens with two attached hydrogens (primary N) is 1. The highest BCUT2D eigenvalue weighted by atomic mass is 79.9. The van der Waals surface area contributed by atoms with Gasteiger partial charge in [-0.1, -0.05) is 13.8 Å². The lowest BCUT2D eigenvalue weighted by Gasteiger charge is -2.12. The van der Waals surface area contributed by atoms with Crippen molar-refractivity contribution in [3.8, 4) is 0 Å². The van der Waals surface area contributed by atoms with Gasteiger partial charge < -0.3 is 5.73 Å². The van der Waals surface area contributed by atoms with E-state index in [0.717, 1.165) is 26.7 Å². The summed E-state index contributed by atoms with van der Waals surface area (Å²) in [4.78, 5) is 4.34. The molecule has 0 amide bonds. The number of anilines is 1. The summed E-state index contributed by atoms with van der Waals surface area (Å²) >= 11 is 6.79. The van der Waals surface area contributed by atoms with Crippen molar-refractivity contribution < 1.29 is 0 Å². The van der Waals surface area contributed by atoms with E-state index >= 15 is 0 Å². The van der Waals surface area contributed by atoms with Crippen molar-refractivity contribution in [2.45, 2.75) is 26.2 Å². The minimum absolute atomic E-state index is 0.435. The van der Waals surface area contributed by atoms with Crippen LogP contribution in [-0.4, -0.2) is 4.98 Å². The van der Waals surface area contributed by atoms with Crippen LogP contribution in [0.25, 0.3) is 0 Å². The van der Waals surface area contributed by atoms with E-state index in [9.17, 15) is 0 Å². The van der Waals surface area contributed by atoms with Crippen LogP contribution in [0, 0.1) is 0 Å². The Morgan fingerprint density at radius 3 is 2.69 bits per heavy atom. The first-order valence-electron chi connectivity index (χ1n) is 4.17. The van der Waals surface area contributed by atoms with Crippen LogP contribution in [0.3, 0.4) is 0 Å². The first-order valence-corrected chi connectivity index (χ1v) is 5.75.